The van der Waals surface area contributed by atoms with Crippen LogP contribution >= 0.6 is 11.8 Å². The Morgan fingerprint density at radius 2 is 2.29 bits per heavy atom. The normalized spacial score (nSPS) is 21.2. The van der Waals surface area contributed by atoms with Crippen LogP contribution in [0.3, 0.4) is 0 Å². The molecule has 1 aliphatic rings. The number of nitro benzene ring substituents is 1. The van der Waals surface area contributed by atoms with Gasteiger partial charge >= 0.3 is 0 Å². The second-order valence-electron chi connectivity index (χ2n) is 5.93. The molecule has 0 radical (unpaired) electrons. The molecule has 1 aromatic carbocycles. The maximum absolute atomic E-state index is 11.0. The van der Waals surface area contributed by atoms with Gasteiger partial charge in [-0.05, 0) is 62.3 Å². The van der Waals surface area contributed by atoms with Gasteiger partial charge in [0.25, 0.3) is 5.69 Å². The van der Waals surface area contributed by atoms with Crippen molar-refractivity contribution in [2.24, 2.45) is 5.92 Å². The van der Waals surface area contributed by atoms with Gasteiger partial charge < -0.3 is 0 Å². The van der Waals surface area contributed by atoms with Gasteiger partial charge in [-0.25, -0.2) is 0 Å². The van der Waals surface area contributed by atoms with Crippen molar-refractivity contribution in [3.8, 4) is 0 Å². The van der Waals surface area contributed by atoms with Gasteiger partial charge in [0.05, 0.1) is 4.92 Å². The fourth-order valence-electron chi connectivity index (χ4n) is 3.21. The Kier molecular flexibility index (Phi) is 5.65. The molecule has 0 aromatic heterocycles. The van der Waals surface area contributed by atoms with Crippen molar-refractivity contribution in [1.82, 2.24) is 4.90 Å². The lowest BCUT2D eigenvalue weighted by Gasteiger charge is -2.37. The van der Waals surface area contributed by atoms with Crippen molar-refractivity contribution in [3.63, 3.8) is 0 Å². The lowest BCUT2D eigenvalue weighted by molar-refractivity contribution is -0.385. The van der Waals surface area contributed by atoms with Crippen molar-refractivity contribution < 1.29 is 4.92 Å². The van der Waals surface area contributed by atoms with Crippen molar-refractivity contribution in [2.45, 2.75) is 32.7 Å². The first-order valence-corrected chi connectivity index (χ1v) is 8.90. The van der Waals surface area contributed by atoms with E-state index in [1.165, 1.54) is 18.6 Å². The summed E-state index contributed by atoms with van der Waals surface area (Å²) in [6.45, 7) is 6.41. The summed E-state index contributed by atoms with van der Waals surface area (Å²) in [6, 6.07) is 5.46. The standard InChI is InChI=1S/C16H24N2O2S/c1-12-6-7-15(18(19)20)9-16(12)13(2)17-8-4-5-14(10-17)11-21-3/h6-7,9,13-14H,4-5,8,10-11H2,1-3H3/t13-,14-/m1/s1. The number of benzene rings is 1. The van der Waals surface area contributed by atoms with E-state index in [1.807, 2.05) is 24.8 Å². The van der Waals surface area contributed by atoms with E-state index in [1.54, 1.807) is 12.1 Å². The number of hydrogen-bond acceptors (Lipinski definition) is 4. The van der Waals surface area contributed by atoms with Crippen molar-refractivity contribution in [3.05, 3.63) is 39.4 Å². The highest BCUT2D eigenvalue weighted by Gasteiger charge is 2.25. The molecule has 21 heavy (non-hydrogen) atoms. The highest BCUT2D eigenvalue weighted by atomic mass is 32.2. The summed E-state index contributed by atoms with van der Waals surface area (Å²) in [7, 11) is 0. The van der Waals surface area contributed by atoms with Crippen LogP contribution in [0.15, 0.2) is 18.2 Å². The predicted molar refractivity (Wildman–Crippen MR) is 88.9 cm³/mol. The van der Waals surface area contributed by atoms with E-state index in [9.17, 15) is 10.1 Å². The third-order valence-corrected chi connectivity index (χ3v) is 5.23. The number of thioether (sulfide) groups is 1. The minimum absolute atomic E-state index is 0.195. The second-order valence-corrected chi connectivity index (χ2v) is 6.84. The SMILES string of the molecule is CSC[C@@H]1CCCN([C@H](C)c2cc([N+](=O)[O-])ccc2C)C1. The lowest BCUT2D eigenvalue weighted by atomic mass is 9.94. The summed E-state index contributed by atoms with van der Waals surface area (Å²) in [6.07, 6.45) is 4.69. The van der Waals surface area contributed by atoms with Crippen LogP contribution in [-0.2, 0) is 0 Å². The Balaban J connectivity index is 2.17. The number of hydrogen-bond donors (Lipinski definition) is 0. The van der Waals surface area contributed by atoms with Gasteiger partial charge in [-0.1, -0.05) is 6.07 Å². The lowest BCUT2D eigenvalue weighted by Crippen LogP contribution is -2.38. The van der Waals surface area contributed by atoms with Crippen LogP contribution in [0.4, 0.5) is 5.69 Å². The molecule has 0 bridgehead atoms. The van der Waals surface area contributed by atoms with Gasteiger partial charge in [-0.2, -0.15) is 11.8 Å². The summed E-state index contributed by atoms with van der Waals surface area (Å²) in [4.78, 5) is 13.2. The Morgan fingerprint density at radius 3 is 2.95 bits per heavy atom. The van der Waals surface area contributed by atoms with E-state index >= 15 is 0 Å². The zero-order valence-corrected chi connectivity index (χ0v) is 13.9. The molecule has 1 fully saturated rings. The Labute approximate surface area is 131 Å². The monoisotopic (exact) mass is 308 g/mol. The number of piperidine rings is 1. The molecule has 0 aliphatic carbocycles. The summed E-state index contributed by atoms with van der Waals surface area (Å²) in [5, 5.41) is 11.0. The molecule has 2 atom stereocenters. The Morgan fingerprint density at radius 1 is 1.52 bits per heavy atom. The van der Waals surface area contributed by atoms with Crippen LogP contribution < -0.4 is 0 Å². The molecule has 1 heterocycles. The molecule has 1 saturated heterocycles. The maximum atomic E-state index is 11.0. The quantitative estimate of drug-likeness (QED) is 0.608. The Hall–Kier alpha value is -1.07. The van der Waals surface area contributed by atoms with Gasteiger partial charge in [0.15, 0.2) is 0 Å². The van der Waals surface area contributed by atoms with Gasteiger partial charge in [-0.3, -0.25) is 15.0 Å². The zero-order valence-electron chi connectivity index (χ0n) is 13.0. The molecule has 0 spiro atoms. The summed E-state index contributed by atoms with van der Waals surface area (Å²) < 4.78 is 0. The van der Waals surface area contributed by atoms with Crippen LogP contribution in [0.1, 0.15) is 36.9 Å². The topological polar surface area (TPSA) is 46.4 Å². The predicted octanol–water partition coefficient (Wildman–Crippen LogP) is 4.04. The molecular weight excluding hydrogens is 284 g/mol. The minimum Gasteiger partial charge on any atom is -0.296 e. The fourth-order valence-corrected chi connectivity index (χ4v) is 3.95. The first-order chi connectivity index (χ1) is 10.0. The number of nitro groups is 1. The fraction of sp³-hybridized carbons (Fsp3) is 0.625. The summed E-state index contributed by atoms with van der Waals surface area (Å²) in [5.41, 5.74) is 2.43. The molecule has 4 nitrogen and oxygen atoms in total. The van der Waals surface area contributed by atoms with E-state index in [4.69, 9.17) is 0 Å². The molecule has 0 unspecified atom stereocenters. The first kappa shape index (κ1) is 16.3. The van der Waals surface area contributed by atoms with Crippen LogP contribution in [-0.4, -0.2) is 34.9 Å². The largest absolute Gasteiger partial charge is 0.296 e. The molecule has 116 valence electrons. The molecule has 2 rings (SSSR count). The molecule has 5 heteroatoms. The van der Waals surface area contributed by atoms with Crippen LogP contribution in [0.25, 0.3) is 0 Å². The third-order valence-electron chi connectivity index (χ3n) is 4.42. The van der Waals surface area contributed by atoms with Crippen molar-refractivity contribution in [1.29, 1.82) is 0 Å². The number of likely N-dealkylation sites (tertiary alicyclic amines) is 1. The molecule has 0 N–H and O–H groups in total. The van der Waals surface area contributed by atoms with Crippen molar-refractivity contribution >= 4 is 17.4 Å². The average Bonchev–Trinajstić information content (AvgIpc) is 2.47. The first-order valence-electron chi connectivity index (χ1n) is 7.51. The molecule has 1 aliphatic heterocycles. The van der Waals surface area contributed by atoms with E-state index < -0.39 is 0 Å². The Bertz CT molecular complexity index is 505. The number of rotatable bonds is 5. The molecule has 0 saturated carbocycles. The number of nitrogens with zero attached hydrogens (tertiary/aromatic N) is 2. The number of aryl methyl sites for hydroxylation is 1. The smallest absolute Gasteiger partial charge is 0.269 e. The highest BCUT2D eigenvalue weighted by molar-refractivity contribution is 7.98. The van der Waals surface area contributed by atoms with E-state index in [0.717, 1.165) is 30.1 Å². The van der Waals surface area contributed by atoms with E-state index in [2.05, 4.69) is 18.1 Å². The van der Waals surface area contributed by atoms with Gasteiger partial charge in [0.2, 0.25) is 0 Å². The van der Waals surface area contributed by atoms with Gasteiger partial charge in [-0.15, -0.1) is 0 Å². The van der Waals surface area contributed by atoms with Crippen LogP contribution in [0.5, 0.6) is 0 Å². The van der Waals surface area contributed by atoms with Gasteiger partial charge in [0.1, 0.15) is 0 Å². The second kappa shape index (κ2) is 7.27. The van der Waals surface area contributed by atoms with Crippen LogP contribution in [0, 0.1) is 23.0 Å². The highest BCUT2D eigenvalue weighted by Crippen LogP contribution is 2.31. The summed E-state index contributed by atoms with van der Waals surface area (Å²) >= 11 is 1.91. The molecule has 1 aromatic rings. The molecular formula is C16H24N2O2S. The number of non-ortho nitro benzene ring substituents is 1. The summed E-state index contributed by atoms with van der Waals surface area (Å²) in [5.74, 6) is 1.95. The third kappa shape index (κ3) is 3.98. The van der Waals surface area contributed by atoms with E-state index in [-0.39, 0.29) is 16.7 Å². The molecule has 0 amide bonds. The minimum atomic E-state index is -0.303. The van der Waals surface area contributed by atoms with Crippen molar-refractivity contribution in [2.75, 3.05) is 25.1 Å². The maximum Gasteiger partial charge on any atom is 0.269 e. The van der Waals surface area contributed by atoms with E-state index in [0.29, 0.717) is 0 Å². The average molecular weight is 308 g/mol. The van der Waals surface area contributed by atoms with Gasteiger partial charge in [0, 0.05) is 24.7 Å². The van der Waals surface area contributed by atoms with Crippen LogP contribution in [0.2, 0.25) is 0 Å². The zero-order chi connectivity index (χ0) is 15.4.